The lowest BCUT2D eigenvalue weighted by Crippen LogP contribution is -2.00. The highest BCUT2D eigenvalue weighted by Gasteiger charge is 2.07. The van der Waals surface area contributed by atoms with Gasteiger partial charge in [-0.15, -0.1) is 0 Å². The first-order valence-electron chi connectivity index (χ1n) is 7.28. The van der Waals surface area contributed by atoms with Crippen molar-refractivity contribution in [3.05, 3.63) is 35.4 Å². The lowest BCUT2D eigenvalue weighted by atomic mass is 9.94. The summed E-state index contributed by atoms with van der Waals surface area (Å²) >= 11 is 1.47. The van der Waals surface area contributed by atoms with E-state index < -0.39 is 0 Å². The highest BCUT2D eigenvalue weighted by atomic mass is 32.2. The van der Waals surface area contributed by atoms with Gasteiger partial charge in [0.1, 0.15) is 0 Å². The van der Waals surface area contributed by atoms with Crippen LogP contribution in [0.2, 0.25) is 0 Å². The number of carbonyl (C=O) groups is 1. The third kappa shape index (κ3) is 6.29. The van der Waals surface area contributed by atoms with Gasteiger partial charge in [0.2, 0.25) is 0 Å². The average molecular weight is 278 g/mol. The Morgan fingerprint density at radius 3 is 2.42 bits per heavy atom. The van der Waals surface area contributed by atoms with Crippen molar-refractivity contribution < 1.29 is 4.79 Å². The lowest BCUT2D eigenvalue weighted by Gasteiger charge is -2.12. The van der Waals surface area contributed by atoms with Crippen LogP contribution in [0.15, 0.2) is 24.3 Å². The molecule has 0 N–H and O–H groups in total. The first-order chi connectivity index (χ1) is 9.00. The zero-order chi connectivity index (χ0) is 14.3. The maximum atomic E-state index is 11.6. The standard InChI is InChI=1S/C17H26OS/c1-13(2)16-11-7-5-9-15(16)10-6-8-12-17(18)19-14(3)4/h5,7,9,11,13-14H,6,8,10,12H2,1-4H3. The maximum absolute atomic E-state index is 11.6. The Hall–Kier alpha value is -0.760. The number of aryl methyl sites for hydroxylation is 1. The van der Waals surface area contributed by atoms with Crippen molar-refractivity contribution in [3.63, 3.8) is 0 Å². The third-order valence-corrected chi connectivity index (χ3v) is 4.06. The van der Waals surface area contributed by atoms with Gasteiger partial charge in [0.25, 0.3) is 0 Å². The van der Waals surface area contributed by atoms with Crippen LogP contribution in [0.1, 0.15) is 64.0 Å². The van der Waals surface area contributed by atoms with E-state index in [1.54, 1.807) is 0 Å². The number of unbranched alkanes of at least 4 members (excludes halogenated alkanes) is 1. The molecule has 1 aromatic carbocycles. The Bertz CT molecular complexity index is 396. The minimum absolute atomic E-state index is 0.340. The Balaban J connectivity index is 2.36. The number of rotatable bonds is 7. The fourth-order valence-electron chi connectivity index (χ4n) is 2.23. The topological polar surface area (TPSA) is 17.1 Å². The summed E-state index contributed by atoms with van der Waals surface area (Å²) in [7, 11) is 0. The zero-order valence-electron chi connectivity index (χ0n) is 12.6. The normalized spacial score (nSPS) is 11.3. The molecule has 0 unspecified atom stereocenters. The van der Waals surface area contributed by atoms with Gasteiger partial charge in [0, 0.05) is 11.7 Å². The molecule has 0 bridgehead atoms. The smallest absolute Gasteiger partial charge is 0.189 e. The predicted molar refractivity (Wildman–Crippen MR) is 85.8 cm³/mol. The van der Waals surface area contributed by atoms with Gasteiger partial charge in [-0.05, 0) is 36.3 Å². The van der Waals surface area contributed by atoms with E-state index in [4.69, 9.17) is 0 Å². The van der Waals surface area contributed by atoms with E-state index in [0.29, 0.717) is 22.7 Å². The Labute approximate surface area is 122 Å². The summed E-state index contributed by atoms with van der Waals surface area (Å²) in [5, 5.41) is 0.751. The largest absolute Gasteiger partial charge is 0.287 e. The molecular weight excluding hydrogens is 252 g/mol. The first-order valence-corrected chi connectivity index (χ1v) is 8.16. The summed E-state index contributed by atoms with van der Waals surface area (Å²) in [5.41, 5.74) is 2.90. The van der Waals surface area contributed by atoms with Crippen molar-refractivity contribution in [2.24, 2.45) is 0 Å². The minimum atomic E-state index is 0.340. The molecule has 2 heteroatoms. The van der Waals surface area contributed by atoms with Crippen molar-refractivity contribution in [3.8, 4) is 0 Å². The second-order valence-corrected chi connectivity index (χ2v) is 7.23. The molecule has 106 valence electrons. The molecule has 0 atom stereocenters. The molecule has 0 heterocycles. The van der Waals surface area contributed by atoms with Crippen molar-refractivity contribution in [2.75, 3.05) is 0 Å². The monoisotopic (exact) mass is 278 g/mol. The number of carbonyl (C=O) groups excluding carboxylic acids is 1. The van der Waals surface area contributed by atoms with Gasteiger partial charge in [0.15, 0.2) is 5.12 Å². The van der Waals surface area contributed by atoms with Crippen LogP contribution >= 0.6 is 11.8 Å². The van der Waals surface area contributed by atoms with Gasteiger partial charge in [-0.1, -0.05) is 63.7 Å². The second-order valence-electron chi connectivity index (χ2n) is 5.60. The molecular formula is C17H26OS. The summed E-state index contributed by atoms with van der Waals surface area (Å²) < 4.78 is 0. The fraction of sp³-hybridized carbons (Fsp3) is 0.588. The molecule has 1 rings (SSSR count). The summed E-state index contributed by atoms with van der Waals surface area (Å²) in [5.74, 6) is 0.578. The van der Waals surface area contributed by atoms with Crippen LogP contribution in [0.3, 0.4) is 0 Å². The van der Waals surface area contributed by atoms with E-state index in [0.717, 1.165) is 19.3 Å². The summed E-state index contributed by atoms with van der Waals surface area (Å²) in [6, 6.07) is 8.67. The molecule has 0 aliphatic carbocycles. The van der Waals surface area contributed by atoms with Crippen LogP contribution in [0, 0.1) is 0 Å². The predicted octanol–water partition coefficient (Wildman–Crippen LogP) is 5.19. The minimum Gasteiger partial charge on any atom is -0.287 e. The molecule has 19 heavy (non-hydrogen) atoms. The van der Waals surface area contributed by atoms with Crippen molar-refractivity contribution in [2.45, 2.75) is 64.5 Å². The van der Waals surface area contributed by atoms with Crippen LogP contribution in [0.25, 0.3) is 0 Å². The Morgan fingerprint density at radius 2 is 1.79 bits per heavy atom. The van der Waals surface area contributed by atoms with E-state index >= 15 is 0 Å². The van der Waals surface area contributed by atoms with Crippen LogP contribution in [-0.2, 0) is 11.2 Å². The SMILES string of the molecule is CC(C)SC(=O)CCCCc1ccccc1C(C)C. The number of hydrogen-bond donors (Lipinski definition) is 0. The van der Waals surface area contributed by atoms with E-state index in [1.807, 2.05) is 0 Å². The van der Waals surface area contributed by atoms with Gasteiger partial charge in [-0.3, -0.25) is 4.79 Å². The van der Waals surface area contributed by atoms with E-state index in [9.17, 15) is 4.79 Å². The Morgan fingerprint density at radius 1 is 1.11 bits per heavy atom. The molecule has 0 aliphatic heterocycles. The second kappa shape index (κ2) is 8.42. The van der Waals surface area contributed by atoms with E-state index in [-0.39, 0.29) is 0 Å². The highest BCUT2D eigenvalue weighted by Crippen LogP contribution is 2.21. The number of thioether (sulfide) groups is 1. The highest BCUT2D eigenvalue weighted by molar-refractivity contribution is 8.14. The van der Waals surface area contributed by atoms with Crippen LogP contribution in [-0.4, -0.2) is 10.4 Å². The van der Waals surface area contributed by atoms with Gasteiger partial charge >= 0.3 is 0 Å². The number of benzene rings is 1. The molecule has 0 radical (unpaired) electrons. The van der Waals surface area contributed by atoms with Crippen LogP contribution in [0.5, 0.6) is 0 Å². The van der Waals surface area contributed by atoms with Gasteiger partial charge in [-0.2, -0.15) is 0 Å². The van der Waals surface area contributed by atoms with Crippen molar-refractivity contribution in [1.82, 2.24) is 0 Å². The van der Waals surface area contributed by atoms with E-state index in [2.05, 4.69) is 52.0 Å². The molecule has 0 aromatic heterocycles. The molecule has 1 aromatic rings. The third-order valence-electron chi connectivity index (χ3n) is 3.12. The average Bonchev–Trinajstić information content (AvgIpc) is 2.34. The summed E-state index contributed by atoms with van der Waals surface area (Å²) in [4.78, 5) is 11.6. The Kier molecular flexibility index (Phi) is 7.22. The first kappa shape index (κ1) is 16.3. The van der Waals surface area contributed by atoms with Crippen molar-refractivity contribution >= 4 is 16.9 Å². The molecule has 0 saturated carbocycles. The quantitative estimate of drug-likeness (QED) is 0.638. The summed E-state index contributed by atoms with van der Waals surface area (Å²) in [6.45, 7) is 8.62. The maximum Gasteiger partial charge on any atom is 0.189 e. The zero-order valence-corrected chi connectivity index (χ0v) is 13.4. The van der Waals surface area contributed by atoms with Gasteiger partial charge in [-0.25, -0.2) is 0 Å². The molecule has 1 nitrogen and oxygen atoms in total. The molecule has 0 saturated heterocycles. The molecule has 0 spiro atoms. The van der Waals surface area contributed by atoms with Crippen molar-refractivity contribution in [1.29, 1.82) is 0 Å². The van der Waals surface area contributed by atoms with E-state index in [1.165, 1.54) is 22.9 Å². The molecule has 0 aliphatic rings. The number of hydrogen-bond acceptors (Lipinski definition) is 2. The van der Waals surface area contributed by atoms with Crippen LogP contribution in [0.4, 0.5) is 0 Å². The van der Waals surface area contributed by atoms with Gasteiger partial charge < -0.3 is 0 Å². The fourth-order valence-corrected chi connectivity index (χ4v) is 3.02. The molecule has 0 amide bonds. The van der Waals surface area contributed by atoms with Gasteiger partial charge in [0.05, 0.1) is 0 Å². The lowest BCUT2D eigenvalue weighted by molar-refractivity contribution is -0.111. The van der Waals surface area contributed by atoms with Crippen LogP contribution < -0.4 is 0 Å². The molecule has 0 fully saturated rings. The summed E-state index contributed by atoms with van der Waals surface area (Å²) in [6.07, 6.45) is 3.92.